The van der Waals surface area contributed by atoms with Crippen molar-refractivity contribution in [1.29, 1.82) is 0 Å². The van der Waals surface area contributed by atoms with Crippen LogP contribution in [0.1, 0.15) is 34.0 Å². The molecule has 3 aromatic carbocycles. The first-order valence-electron chi connectivity index (χ1n) is 9.53. The molecule has 0 aromatic heterocycles. The van der Waals surface area contributed by atoms with E-state index >= 15 is 0 Å². The zero-order valence-electron chi connectivity index (χ0n) is 16.3. The van der Waals surface area contributed by atoms with Crippen molar-refractivity contribution in [3.63, 3.8) is 0 Å². The molecule has 29 heavy (non-hydrogen) atoms. The Balaban J connectivity index is 1.95. The van der Waals surface area contributed by atoms with E-state index < -0.39 is 5.97 Å². The molecule has 0 unspecified atom stereocenters. The number of anilines is 1. The second-order valence-corrected chi connectivity index (χ2v) is 6.66. The fraction of sp³-hybridized carbons (Fsp3) is 0.120. The molecule has 0 heterocycles. The highest BCUT2D eigenvalue weighted by atomic mass is 16.4. The maximum atomic E-state index is 13.1. The number of benzene rings is 3. The summed E-state index contributed by atoms with van der Waals surface area (Å²) >= 11 is 0. The van der Waals surface area contributed by atoms with Crippen molar-refractivity contribution in [3.8, 4) is 0 Å². The third kappa shape index (κ3) is 5.20. The van der Waals surface area contributed by atoms with Crippen molar-refractivity contribution in [2.75, 3.05) is 4.90 Å². The zero-order valence-corrected chi connectivity index (χ0v) is 16.3. The third-order valence-corrected chi connectivity index (χ3v) is 4.66. The second kappa shape index (κ2) is 9.51. The number of carbonyl (C=O) groups excluding carboxylic acids is 1. The summed E-state index contributed by atoms with van der Waals surface area (Å²) in [6.07, 6.45) is 4.14. The van der Waals surface area contributed by atoms with E-state index in [0.717, 1.165) is 28.8 Å². The van der Waals surface area contributed by atoms with Gasteiger partial charge >= 0.3 is 5.97 Å². The number of aromatic carboxylic acids is 1. The molecule has 3 aromatic rings. The van der Waals surface area contributed by atoms with Gasteiger partial charge in [-0.15, -0.1) is 0 Å². The number of aryl methyl sites for hydroxylation is 1. The van der Waals surface area contributed by atoms with Crippen LogP contribution < -0.4 is 4.90 Å². The van der Waals surface area contributed by atoms with Crippen LogP contribution in [0.4, 0.5) is 5.69 Å². The van der Waals surface area contributed by atoms with Crippen LogP contribution in [0, 0.1) is 0 Å². The predicted molar refractivity (Wildman–Crippen MR) is 116 cm³/mol. The van der Waals surface area contributed by atoms with E-state index in [1.54, 1.807) is 35.3 Å². The smallest absolute Gasteiger partial charge is 0.335 e. The van der Waals surface area contributed by atoms with Gasteiger partial charge in [-0.25, -0.2) is 4.79 Å². The highest BCUT2D eigenvalue weighted by Crippen LogP contribution is 2.24. The standard InChI is InChI=1S/C25H23NO3/c1-2-21-12-6-7-14-23(21)26(18-20-11-8-13-22(17-20)25(28)29)24(27)16-15-19-9-4-3-5-10-19/h3-17H,2,18H2,1H3,(H,28,29)/b16-15+. The lowest BCUT2D eigenvalue weighted by Gasteiger charge is -2.24. The van der Waals surface area contributed by atoms with E-state index in [1.807, 2.05) is 67.6 Å². The maximum Gasteiger partial charge on any atom is 0.335 e. The molecular weight excluding hydrogens is 362 g/mol. The van der Waals surface area contributed by atoms with Crippen molar-refractivity contribution in [3.05, 3.63) is 107 Å². The van der Waals surface area contributed by atoms with Crippen molar-refractivity contribution in [2.45, 2.75) is 19.9 Å². The van der Waals surface area contributed by atoms with Gasteiger partial charge in [-0.3, -0.25) is 4.79 Å². The Labute approximate surface area is 170 Å². The summed E-state index contributed by atoms with van der Waals surface area (Å²) in [5.41, 5.74) is 3.80. The Kier molecular flexibility index (Phi) is 6.59. The molecule has 0 spiro atoms. The van der Waals surface area contributed by atoms with Crippen LogP contribution >= 0.6 is 0 Å². The molecule has 0 aliphatic rings. The first-order valence-corrected chi connectivity index (χ1v) is 9.53. The summed E-state index contributed by atoms with van der Waals surface area (Å²) < 4.78 is 0. The van der Waals surface area contributed by atoms with E-state index in [2.05, 4.69) is 0 Å². The number of hydrogen-bond acceptors (Lipinski definition) is 2. The maximum absolute atomic E-state index is 13.1. The monoisotopic (exact) mass is 385 g/mol. The van der Waals surface area contributed by atoms with Gasteiger partial charge < -0.3 is 10.0 Å². The van der Waals surface area contributed by atoms with Crippen LogP contribution in [-0.4, -0.2) is 17.0 Å². The first-order chi connectivity index (χ1) is 14.1. The minimum Gasteiger partial charge on any atom is -0.478 e. The molecule has 1 amide bonds. The SMILES string of the molecule is CCc1ccccc1N(Cc1cccc(C(=O)O)c1)C(=O)/C=C/c1ccccc1. The molecule has 0 bridgehead atoms. The van der Waals surface area contributed by atoms with Crippen LogP contribution in [0.5, 0.6) is 0 Å². The minimum absolute atomic E-state index is 0.157. The van der Waals surface area contributed by atoms with Crippen molar-refractivity contribution < 1.29 is 14.7 Å². The summed E-state index contributed by atoms with van der Waals surface area (Å²) in [6.45, 7) is 2.34. The van der Waals surface area contributed by atoms with E-state index in [0.29, 0.717) is 0 Å². The van der Waals surface area contributed by atoms with Crippen molar-refractivity contribution in [1.82, 2.24) is 0 Å². The van der Waals surface area contributed by atoms with Crippen LogP contribution in [0.2, 0.25) is 0 Å². The van der Waals surface area contributed by atoms with Crippen molar-refractivity contribution in [2.24, 2.45) is 0 Å². The van der Waals surface area contributed by atoms with Gasteiger partial charge in [0.2, 0.25) is 0 Å². The highest BCUT2D eigenvalue weighted by Gasteiger charge is 2.17. The molecule has 0 fully saturated rings. The van der Waals surface area contributed by atoms with Gasteiger partial charge in [0.05, 0.1) is 12.1 Å². The van der Waals surface area contributed by atoms with E-state index in [9.17, 15) is 14.7 Å². The molecule has 146 valence electrons. The molecule has 0 saturated heterocycles. The van der Waals surface area contributed by atoms with Gasteiger partial charge in [-0.1, -0.05) is 67.6 Å². The zero-order chi connectivity index (χ0) is 20.6. The second-order valence-electron chi connectivity index (χ2n) is 6.66. The summed E-state index contributed by atoms with van der Waals surface area (Å²) in [6, 6.07) is 24.1. The fourth-order valence-electron chi connectivity index (χ4n) is 3.16. The molecule has 0 saturated carbocycles. The number of carboxylic acid groups (broad SMARTS) is 1. The van der Waals surface area contributed by atoms with Crippen LogP contribution in [0.3, 0.4) is 0 Å². The Bertz CT molecular complexity index is 1030. The summed E-state index contributed by atoms with van der Waals surface area (Å²) in [7, 11) is 0. The van der Waals surface area contributed by atoms with Gasteiger partial charge in [0.25, 0.3) is 5.91 Å². The van der Waals surface area contributed by atoms with Gasteiger partial charge in [0.15, 0.2) is 0 Å². The van der Waals surface area contributed by atoms with Gasteiger partial charge in [0.1, 0.15) is 0 Å². The molecule has 3 rings (SSSR count). The average Bonchev–Trinajstić information content (AvgIpc) is 2.76. The van der Waals surface area contributed by atoms with Gasteiger partial charge in [-0.05, 0) is 47.4 Å². The lowest BCUT2D eigenvalue weighted by atomic mass is 10.1. The normalized spacial score (nSPS) is 10.8. The summed E-state index contributed by atoms with van der Waals surface area (Å²) in [4.78, 5) is 26.1. The third-order valence-electron chi connectivity index (χ3n) is 4.66. The number of nitrogens with zero attached hydrogens (tertiary/aromatic N) is 1. The number of amides is 1. The van der Waals surface area contributed by atoms with E-state index in [-0.39, 0.29) is 18.0 Å². The molecule has 0 aliphatic carbocycles. The Hall–Kier alpha value is -3.66. The van der Waals surface area contributed by atoms with Gasteiger partial charge in [-0.2, -0.15) is 0 Å². The number of rotatable bonds is 7. The number of carboxylic acids is 1. The lowest BCUT2D eigenvalue weighted by molar-refractivity contribution is -0.114. The predicted octanol–water partition coefficient (Wildman–Crippen LogP) is 5.19. The van der Waals surface area contributed by atoms with Crippen LogP contribution in [0.25, 0.3) is 6.08 Å². The number of hydrogen-bond donors (Lipinski definition) is 1. The molecule has 4 nitrogen and oxygen atoms in total. The Morgan fingerprint density at radius 1 is 0.931 bits per heavy atom. The minimum atomic E-state index is -0.984. The quantitative estimate of drug-likeness (QED) is 0.569. The largest absolute Gasteiger partial charge is 0.478 e. The van der Waals surface area contributed by atoms with E-state index in [4.69, 9.17) is 0 Å². The highest BCUT2D eigenvalue weighted by molar-refractivity contribution is 6.04. The molecule has 0 radical (unpaired) electrons. The first kappa shape index (κ1) is 20.1. The molecule has 1 N–H and O–H groups in total. The number of para-hydroxylation sites is 1. The Morgan fingerprint density at radius 2 is 1.66 bits per heavy atom. The van der Waals surface area contributed by atoms with Crippen LogP contribution in [-0.2, 0) is 17.8 Å². The van der Waals surface area contributed by atoms with Crippen molar-refractivity contribution >= 4 is 23.6 Å². The molecular formula is C25H23NO3. The lowest BCUT2D eigenvalue weighted by Crippen LogP contribution is -2.29. The number of carbonyl (C=O) groups is 2. The summed E-state index contributed by atoms with van der Waals surface area (Å²) in [5.74, 6) is -1.14. The molecule has 4 heteroatoms. The Morgan fingerprint density at radius 3 is 2.38 bits per heavy atom. The fourth-order valence-corrected chi connectivity index (χ4v) is 3.16. The topological polar surface area (TPSA) is 57.6 Å². The summed E-state index contributed by atoms with van der Waals surface area (Å²) in [5, 5.41) is 9.27. The average molecular weight is 385 g/mol. The van der Waals surface area contributed by atoms with E-state index in [1.165, 1.54) is 0 Å². The van der Waals surface area contributed by atoms with Crippen LogP contribution in [0.15, 0.2) is 84.9 Å². The molecule has 0 atom stereocenters. The molecule has 0 aliphatic heterocycles. The van der Waals surface area contributed by atoms with Gasteiger partial charge in [0, 0.05) is 11.8 Å².